The molecule has 9 nitrogen and oxygen atoms in total. The SMILES string of the molecule is CCCCCCCCCCCCCCCCCCCCCCCCC/C=C/C(O)C(COC1OC(CO)C(O)C(O)C1O)NC(=O)CCCCCCCCCCCCCCCCCC. The van der Waals surface area contributed by atoms with Gasteiger partial charge in [0.15, 0.2) is 6.29 Å². The number of carbonyl (C=O) groups excluding carboxylic acids is 1. The van der Waals surface area contributed by atoms with Crippen molar-refractivity contribution in [2.45, 2.75) is 320 Å². The van der Waals surface area contributed by atoms with Gasteiger partial charge in [0.05, 0.1) is 25.4 Å². The number of aliphatic hydroxyl groups is 5. The number of hydrogen-bond donors (Lipinski definition) is 6. The third kappa shape index (κ3) is 35.1. The van der Waals surface area contributed by atoms with E-state index < -0.39 is 49.5 Å². The average molecular weight is 910 g/mol. The van der Waals surface area contributed by atoms with E-state index in [1.165, 1.54) is 218 Å². The standard InChI is InChI=1S/C55H107NO8/c1-3-5-7-9-11-13-15-17-19-21-22-23-24-25-26-27-28-29-30-32-34-36-38-40-42-44-49(58)48(47-63-55-54(62)53(61)52(60)50(46-57)64-55)56-51(59)45-43-41-39-37-35-33-31-20-18-16-14-12-10-8-6-4-2/h42,44,48-50,52-55,57-58,60-62H,3-41,43,45-47H2,1-2H3,(H,56,59)/b44-42+. The Morgan fingerprint density at radius 2 is 0.859 bits per heavy atom. The highest BCUT2D eigenvalue weighted by Crippen LogP contribution is 2.23. The quantitative estimate of drug-likeness (QED) is 0.0261. The number of allylic oxidation sites excluding steroid dienone is 1. The van der Waals surface area contributed by atoms with E-state index in [1.54, 1.807) is 6.08 Å². The Morgan fingerprint density at radius 3 is 1.22 bits per heavy atom. The lowest BCUT2D eigenvalue weighted by Crippen LogP contribution is -2.60. The van der Waals surface area contributed by atoms with Gasteiger partial charge in [-0.1, -0.05) is 264 Å². The molecule has 1 aliphatic heterocycles. The molecule has 380 valence electrons. The van der Waals surface area contributed by atoms with Crippen molar-refractivity contribution in [3.63, 3.8) is 0 Å². The molecule has 0 spiro atoms. The van der Waals surface area contributed by atoms with Gasteiger partial charge in [-0.25, -0.2) is 0 Å². The fraction of sp³-hybridized carbons (Fsp3) is 0.945. The molecule has 1 heterocycles. The summed E-state index contributed by atoms with van der Waals surface area (Å²) >= 11 is 0. The van der Waals surface area contributed by atoms with Crippen LogP contribution >= 0.6 is 0 Å². The molecule has 0 aliphatic carbocycles. The van der Waals surface area contributed by atoms with Crippen LogP contribution in [0.3, 0.4) is 0 Å². The Kier molecular flexibility index (Phi) is 43.5. The highest BCUT2D eigenvalue weighted by atomic mass is 16.7. The molecule has 7 unspecified atom stereocenters. The first-order chi connectivity index (χ1) is 31.3. The summed E-state index contributed by atoms with van der Waals surface area (Å²) < 4.78 is 11.3. The normalized spacial score (nSPS) is 20.0. The topological polar surface area (TPSA) is 149 Å². The lowest BCUT2D eigenvalue weighted by atomic mass is 9.99. The number of rotatable bonds is 48. The second kappa shape index (κ2) is 45.7. The van der Waals surface area contributed by atoms with Crippen molar-refractivity contribution in [2.24, 2.45) is 0 Å². The molecule has 0 saturated carbocycles. The highest BCUT2D eigenvalue weighted by molar-refractivity contribution is 5.76. The number of hydrogen-bond acceptors (Lipinski definition) is 8. The Hall–Kier alpha value is -1.07. The van der Waals surface area contributed by atoms with E-state index in [1.807, 2.05) is 6.08 Å². The molecular weight excluding hydrogens is 803 g/mol. The van der Waals surface area contributed by atoms with Gasteiger partial charge in [-0.2, -0.15) is 0 Å². The molecule has 1 aliphatic rings. The smallest absolute Gasteiger partial charge is 0.220 e. The van der Waals surface area contributed by atoms with Crippen LogP contribution in [0.1, 0.15) is 277 Å². The van der Waals surface area contributed by atoms with Gasteiger partial charge in [-0.3, -0.25) is 4.79 Å². The monoisotopic (exact) mass is 910 g/mol. The zero-order valence-corrected chi connectivity index (χ0v) is 42.1. The Labute approximate surface area is 395 Å². The van der Waals surface area contributed by atoms with Gasteiger partial charge in [0.25, 0.3) is 0 Å². The summed E-state index contributed by atoms with van der Waals surface area (Å²) in [7, 11) is 0. The first-order valence-electron chi connectivity index (χ1n) is 27.9. The predicted octanol–water partition coefficient (Wildman–Crippen LogP) is 13.2. The van der Waals surface area contributed by atoms with Crippen LogP contribution < -0.4 is 5.32 Å². The molecule has 1 saturated heterocycles. The number of nitrogens with one attached hydrogen (secondary N) is 1. The molecule has 0 aromatic heterocycles. The largest absolute Gasteiger partial charge is 0.394 e. The molecule has 0 aromatic rings. The fourth-order valence-electron chi connectivity index (χ4n) is 9.16. The molecule has 6 N–H and O–H groups in total. The highest BCUT2D eigenvalue weighted by Gasteiger charge is 2.44. The lowest BCUT2D eigenvalue weighted by molar-refractivity contribution is -0.302. The molecule has 0 aromatic carbocycles. The zero-order valence-electron chi connectivity index (χ0n) is 42.1. The molecule has 9 heteroatoms. The van der Waals surface area contributed by atoms with Gasteiger partial charge < -0.3 is 40.3 Å². The van der Waals surface area contributed by atoms with Gasteiger partial charge in [0.2, 0.25) is 5.91 Å². The maximum atomic E-state index is 13.0. The average Bonchev–Trinajstić information content (AvgIpc) is 3.29. The van der Waals surface area contributed by atoms with Crippen molar-refractivity contribution in [2.75, 3.05) is 13.2 Å². The van der Waals surface area contributed by atoms with Crippen molar-refractivity contribution >= 4 is 5.91 Å². The first kappa shape index (κ1) is 60.9. The molecular formula is C55H107NO8. The van der Waals surface area contributed by atoms with Crippen molar-refractivity contribution in [3.05, 3.63) is 12.2 Å². The Morgan fingerprint density at radius 1 is 0.516 bits per heavy atom. The van der Waals surface area contributed by atoms with E-state index in [0.717, 1.165) is 38.5 Å². The van der Waals surface area contributed by atoms with E-state index in [4.69, 9.17) is 9.47 Å². The number of amides is 1. The summed E-state index contributed by atoms with van der Waals surface area (Å²) in [5.74, 6) is -0.171. The second-order valence-corrected chi connectivity index (χ2v) is 19.7. The van der Waals surface area contributed by atoms with Gasteiger partial charge in [-0.15, -0.1) is 0 Å². The van der Waals surface area contributed by atoms with Crippen LogP contribution in [0.25, 0.3) is 0 Å². The van der Waals surface area contributed by atoms with Gasteiger partial charge in [0, 0.05) is 6.42 Å². The van der Waals surface area contributed by atoms with Crippen LogP contribution in [-0.2, 0) is 14.3 Å². The van der Waals surface area contributed by atoms with Gasteiger partial charge in [-0.05, 0) is 19.3 Å². The summed E-state index contributed by atoms with van der Waals surface area (Å²) in [6, 6.07) is -0.799. The molecule has 1 fully saturated rings. The lowest BCUT2D eigenvalue weighted by Gasteiger charge is -2.40. The fourth-order valence-corrected chi connectivity index (χ4v) is 9.16. The van der Waals surface area contributed by atoms with Crippen molar-refractivity contribution in [1.29, 1.82) is 0 Å². The van der Waals surface area contributed by atoms with Crippen LogP contribution in [0.4, 0.5) is 0 Å². The Balaban J connectivity index is 2.22. The number of unbranched alkanes of at least 4 members (excludes halogenated alkanes) is 38. The summed E-state index contributed by atoms with van der Waals surface area (Å²) in [6.07, 6.45) is 48.4. The van der Waals surface area contributed by atoms with E-state index in [9.17, 15) is 30.3 Å². The van der Waals surface area contributed by atoms with Crippen molar-refractivity contribution in [3.8, 4) is 0 Å². The molecule has 1 amide bonds. The summed E-state index contributed by atoms with van der Waals surface area (Å²) in [4.78, 5) is 13.0. The maximum Gasteiger partial charge on any atom is 0.220 e. The first-order valence-corrected chi connectivity index (χ1v) is 27.9. The number of carbonyl (C=O) groups is 1. The van der Waals surface area contributed by atoms with Crippen LogP contribution in [0.15, 0.2) is 12.2 Å². The minimum atomic E-state index is -1.56. The van der Waals surface area contributed by atoms with E-state index in [0.29, 0.717) is 6.42 Å². The van der Waals surface area contributed by atoms with Crippen molar-refractivity contribution < 1.29 is 39.8 Å². The van der Waals surface area contributed by atoms with Crippen LogP contribution in [-0.4, -0.2) is 87.5 Å². The minimum absolute atomic E-state index is 0.171. The van der Waals surface area contributed by atoms with E-state index in [-0.39, 0.29) is 12.5 Å². The molecule has 7 atom stereocenters. The number of aliphatic hydroxyl groups excluding tert-OH is 5. The molecule has 1 rings (SSSR count). The van der Waals surface area contributed by atoms with Crippen LogP contribution in [0, 0.1) is 0 Å². The number of ether oxygens (including phenoxy) is 2. The van der Waals surface area contributed by atoms with Gasteiger partial charge >= 0.3 is 0 Å². The Bertz CT molecular complexity index is 1010. The van der Waals surface area contributed by atoms with Crippen LogP contribution in [0.5, 0.6) is 0 Å². The molecule has 0 radical (unpaired) electrons. The third-order valence-corrected chi connectivity index (χ3v) is 13.6. The second-order valence-electron chi connectivity index (χ2n) is 19.7. The summed E-state index contributed by atoms with van der Waals surface area (Å²) in [6.45, 7) is 3.81. The van der Waals surface area contributed by atoms with E-state index in [2.05, 4.69) is 19.2 Å². The molecule has 0 bridgehead atoms. The van der Waals surface area contributed by atoms with Crippen LogP contribution in [0.2, 0.25) is 0 Å². The minimum Gasteiger partial charge on any atom is -0.394 e. The van der Waals surface area contributed by atoms with E-state index >= 15 is 0 Å². The summed E-state index contributed by atoms with van der Waals surface area (Å²) in [5, 5.41) is 54.4. The zero-order chi connectivity index (χ0) is 46.6. The van der Waals surface area contributed by atoms with Crippen molar-refractivity contribution in [1.82, 2.24) is 5.32 Å². The predicted molar refractivity (Wildman–Crippen MR) is 267 cm³/mol. The summed E-state index contributed by atoms with van der Waals surface area (Å²) in [5.41, 5.74) is 0. The molecule has 64 heavy (non-hydrogen) atoms. The van der Waals surface area contributed by atoms with Gasteiger partial charge in [0.1, 0.15) is 24.4 Å². The third-order valence-electron chi connectivity index (χ3n) is 13.6. The maximum absolute atomic E-state index is 13.0.